The number of ketones is 1. The lowest BCUT2D eigenvalue weighted by Gasteiger charge is -1.97. The summed E-state index contributed by atoms with van der Waals surface area (Å²) < 4.78 is 0.796. The van der Waals surface area contributed by atoms with Gasteiger partial charge in [0, 0.05) is 23.3 Å². The largest absolute Gasteiger partial charge is 0.359 e. The first kappa shape index (κ1) is 9.68. The van der Waals surface area contributed by atoms with Gasteiger partial charge in [0.25, 0.3) is 0 Å². The minimum absolute atomic E-state index is 0.0296. The lowest BCUT2D eigenvalue weighted by molar-refractivity contribution is 0.101. The molecule has 1 N–H and O–H groups in total. The van der Waals surface area contributed by atoms with Crippen LogP contribution in [0.15, 0.2) is 16.9 Å². The fourth-order valence-corrected chi connectivity index (χ4v) is 2.01. The summed E-state index contributed by atoms with van der Waals surface area (Å²) in [6.07, 6.45) is 3.25. The summed E-state index contributed by atoms with van der Waals surface area (Å²) in [6, 6.07) is 0. The Bertz CT molecular complexity index is 521. The summed E-state index contributed by atoms with van der Waals surface area (Å²) >= 11 is 9.25. The highest BCUT2D eigenvalue weighted by Gasteiger charge is 2.13. The molecule has 0 saturated heterocycles. The average molecular weight is 274 g/mol. The number of halogens is 2. The smallest absolute Gasteiger partial charge is 0.162 e. The second-order valence-corrected chi connectivity index (χ2v) is 4.12. The highest BCUT2D eigenvalue weighted by atomic mass is 79.9. The van der Waals surface area contributed by atoms with Crippen LogP contribution < -0.4 is 0 Å². The third kappa shape index (κ3) is 1.35. The number of carbonyl (C=O) groups excluding carboxylic acids is 1. The standard InChI is InChI=1S/C9H6BrClN2O/c1-4(14)5-2-12-8-6(10)3-13-9(11)7(5)8/h2-3,12H,1H3. The van der Waals surface area contributed by atoms with E-state index in [4.69, 9.17) is 11.6 Å². The number of nitrogens with zero attached hydrogens (tertiary/aromatic N) is 1. The fraction of sp³-hybridized carbons (Fsp3) is 0.111. The van der Waals surface area contributed by atoms with E-state index in [-0.39, 0.29) is 5.78 Å². The van der Waals surface area contributed by atoms with Crippen LogP contribution in [0.1, 0.15) is 17.3 Å². The average Bonchev–Trinajstić information content (AvgIpc) is 2.56. The number of pyridine rings is 1. The molecule has 0 aliphatic rings. The van der Waals surface area contributed by atoms with Crippen molar-refractivity contribution in [2.24, 2.45) is 0 Å². The maximum Gasteiger partial charge on any atom is 0.162 e. The number of fused-ring (bicyclic) bond motifs is 1. The summed E-state index contributed by atoms with van der Waals surface area (Å²) in [7, 11) is 0. The van der Waals surface area contributed by atoms with E-state index in [2.05, 4.69) is 25.9 Å². The zero-order valence-electron chi connectivity index (χ0n) is 7.27. The van der Waals surface area contributed by atoms with Crippen molar-refractivity contribution in [1.82, 2.24) is 9.97 Å². The minimum atomic E-state index is -0.0296. The van der Waals surface area contributed by atoms with Crippen molar-refractivity contribution in [3.05, 3.63) is 27.6 Å². The highest BCUT2D eigenvalue weighted by molar-refractivity contribution is 9.10. The van der Waals surface area contributed by atoms with E-state index in [1.165, 1.54) is 6.92 Å². The van der Waals surface area contributed by atoms with Crippen LogP contribution in [-0.4, -0.2) is 15.8 Å². The molecular weight excluding hydrogens is 267 g/mol. The maximum atomic E-state index is 11.3. The van der Waals surface area contributed by atoms with Gasteiger partial charge in [0.05, 0.1) is 9.99 Å². The molecule has 0 atom stereocenters. The number of hydrogen-bond donors (Lipinski definition) is 1. The van der Waals surface area contributed by atoms with Crippen molar-refractivity contribution in [3.8, 4) is 0 Å². The fourth-order valence-electron chi connectivity index (χ4n) is 1.35. The van der Waals surface area contributed by atoms with Gasteiger partial charge in [-0.1, -0.05) is 11.6 Å². The maximum absolute atomic E-state index is 11.3. The van der Waals surface area contributed by atoms with Gasteiger partial charge in [0.2, 0.25) is 0 Å². The van der Waals surface area contributed by atoms with Crippen molar-refractivity contribution in [1.29, 1.82) is 0 Å². The van der Waals surface area contributed by atoms with E-state index in [1.54, 1.807) is 12.4 Å². The van der Waals surface area contributed by atoms with Crippen molar-refractivity contribution in [2.45, 2.75) is 6.92 Å². The normalized spacial score (nSPS) is 10.8. The summed E-state index contributed by atoms with van der Waals surface area (Å²) in [4.78, 5) is 18.2. The second kappa shape index (κ2) is 3.37. The molecule has 2 heterocycles. The topological polar surface area (TPSA) is 45.8 Å². The molecule has 0 fully saturated rings. The molecule has 0 aliphatic heterocycles. The molecule has 0 spiro atoms. The van der Waals surface area contributed by atoms with Crippen molar-refractivity contribution < 1.29 is 4.79 Å². The number of hydrogen-bond acceptors (Lipinski definition) is 2. The molecule has 2 aromatic rings. The number of H-pyrrole nitrogens is 1. The predicted octanol–water partition coefficient (Wildman–Crippen LogP) is 3.18. The van der Waals surface area contributed by atoms with Crippen LogP contribution in [0, 0.1) is 0 Å². The minimum Gasteiger partial charge on any atom is -0.359 e. The van der Waals surface area contributed by atoms with Gasteiger partial charge in [-0.25, -0.2) is 4.98 Å². The van der Waals surface area contributed by atoms with Gasteiger partial charge >= 0.3 is 0 Å². The zero-order chi connectivity index (χ0) is 10.3. The van der Waals surface area contributed by atoms with Gasteiger partial charge in [0.15, 0.2) is 5.78 Å². The molecule has 0 bridgehead atoms. The first-order valence-corrected chi connectivity index (χ1v) is 5.10. The van der Waals surface area contributed by atoms with Gasteiger partial charge in [-0.15, -0.1) is 0 Å². The molecule has 72 valence electrons. The summed E-state index contributed by atoms with van der Waals surface area (Å²) in [6.45, 7) is 1.50. The lowest BCUT2D eigenvalue weighted by atomic mass is 10.1. The van der Waals surface area contributed by atoms with Gasteiger partial charge < -0.3 is 4.98 Å². The Morgan fingerprint density at radius 3 is 3.00 bits per heavy atom. The van der Waals surface area contributed by atoms with E-state index in [0.29, 0.717) is 16.1 Å². The van der Waals surface area contributed by atoms with Gasteiger partial charge in [-0.05, 0) is 22.9 Å². The zero-order valence-corrected chi connectivity index (χ0v) is 9.61. The van der Waals surface area contributed by atoms with E-state index in [0.717, 1.165) is 9.99 Å². The molecule has 2 aromatic heterocycles. The summed E-state index contributed by atoms with van der Waals surface area (Å²) in [5, 5.41) is 1.02. The van der Waals surface area contributed by atoms with Crippen LogP contribution in [0.4, 0.5) is 0 Å². The number of aromatic nitrogens is 2. The third-order valence-electron chi connectivity index (χ3n) is 2.00. The Kier molecular flexibility index (Phi) is 2.33. The number of aromatic amines is 1. The van der Waals surface area contributed by atoms with Crippen LogP contribution in [0.5, 0.6) is 0 Å². The first-order valence-electron chi connectivity index (χ1n) is 3.93. The Morgan fingerprint density at radius 1 is 1.64 bits per heavy atom. The van der Waals surface area contributed by atoms with Crippen LogP contribution in [0.3, 0.4) is 0 Å². The Labute approximate surface area is 93.6 Å². The molecule has 14 heavy (non-hydrogen) atoms. The molecule has 0 aromatic carbocycles. The number of nitrogens with one attached hydrogen (secondary N) is 1. The predicted molar refractivity (Wildman–Crippen MR) is 58.8 cm³/mol. The van der Waals surface area contributed by atoms with E-state index in [9.17, 15) is 4.79 Å². The van der Waals surface area contributed by atoms with Crippen LogP contribution in [-0.2, 0) is 0 Å². The molecule has 3 nitrogen and oxygen atoms in total. The molecule has 0 saturated carbocycles. The highest BCUT2D eigenvalue weighted by Crippen LogP contribution is 2.30. The van der Waals surface area contributed by atoms with Crippen molar-refractivity contribution >= 4 is 44.2 Å². The lowest BCUT2D eigenvalue weighted by Crippen LogP contribution is -1.90. The Balaban J connectivity index is 2.90. The summed E-state index contributed by atoms with van der Waals surface area (Å²) in [5.74, 6) is -0.0296. The van der Waals surface area contributed by atoms with Crippen LogP contribution in [0.2, 0.25) is 5.15 Å². The van der Waals surface area contributed by atoms with Crippen molar-refractivity contribution in [3.63, 3.8) is 0 Å². The molecule has 5 heteroatoms. The second-order valence-electron chi connectivity index (χ2n) is 2.91. The van der Waals surface area contributed by atoms with Gasteiger partial charge in [0.1, 0.15) is 5.15 Å². The van der Waals surface area contributed by atoms with Crippen molar-refractivity contribution in [2.75, 3.05) is 0 Å². The molecule has 0 aliphatic carbocycles. The first-order chi connectivity index (χ1) is 6.61. The molecule has 0 radical (unpaired) electrons. The van der Waals surface area contributed by atoms with Crippen LogP contribution in [0.25, 0.3) is 10.9 Å². The molecule has 2 rings (SSSR count). The van der Waals surface area contributed by atoms with E-state index in [1.807, 2.05) is 0 Å². The van der Waals surface area contributed by atoms with Crippen LogP contribution >= 0.6 is 27.5 Å². The van der Waals surface area contributed by atoms with E-state index < -0.39 is 0 Å². The third-order valence-corrected chi connectivity index (χ3v) is 2.88. The van der Waals surface area contributed by atoms with E-state index >= 15 is 0 Å². The monoisotopic (exact) mass is 272 g/mol. The Morgan fingerprint density at radius 2 is 2.36 bits per heavy atom. The van der Waals surface area contributed by atoms with Gasteiger partial charge in [-0.2, -0.15) is 0 Å². The molecule has 0 unspecified atom stereocenters. The number of rotatable bonds is 1. The van der Waals surface area contributed by atoms with Gasteiger partial charge in [-0.3, -0.25) is 4.79 Å². The molecular formula is C9H6BrClN2O. The molecule has 0 amide bonds. The number of Topliss-reactive ketones (excluding diaryl/α,β-unsaturated/α-hetero) is 1. The Hall–Kier alpha value is -0.870. The number of carbonyl (C=O) groups is 1. The quantitative estimate of drug-likeness (QED) is 0.641. The SMILES string of the molecule is CC(=O)c1c[nH]c2c(Br)cnc(Cl)c12. The summed E-state index contributed by atoms with van der Waals surface area (Å²) in [5.41, 5.74) is 1.37.